The Labute approximate surface area is 169 Å². The van der Waals surface area contributed by atoms with E-state index in [-0.39, 0.29) is 0 Å². The van der Waals surface area contributed by atoms with E-state index in [0.29, 0.717) is 5.92 Å². The third-order valence-corrected chi connectivity index (χ3v) is 5.37. The van der Waals surface area contributed by atoms with Crippen LogP contribution in [0.3, 0.4) is 0 Å². The number of rotatable bonds is 10. The van der Waals surface area contributed by atoms with Crippen LogP contribution in [0.5, 0.6) is 0 Å². The second kappa shape index (κ2) is 12.4. The Hall–Kier alpha value is -2.00. The van der Waals surface area contributed by atoms with Gasteiger partial charge in [-0.1, -0.05) is 69.7 Å². The molecule has 0 fully saturated rings. The predicted molar refractivity (Wildman–Crippen MR) is 124 cm³/mol. The minimum absolute atomic E-state index is 0.381. The van der Waals surface area contributed by atoms with E-state index < -0.39 is 0 Å². The maximum Gasteiger partial charge on any atom is 0.138 e. The lowest BCUT2D eigenvalue weighted by Crippen LogP contribution is -2.11. The summed E-state index contributed by atoms with van der Waals surface area (Å²) in [4.78, 5) is 9.63. The molecule has 0 radical (unpaired) electrons. The smallest absolute Gasteiger partial charge is 0.138 e. The molecular formula is C24H34N2S. The van der Waals surface area contributed by atoms with E-state index in [9.17, 15) is 0 Å². The SMILES string of the molecule is C=C\C=C/C(=C(\C)CCC)C(=C\C)/c1csc(C(=N/C=C\C)C(C)CC)n1. The monoisotopic (exact) mass is 382 g/mol. The van der Waals surface area contributed by atoms with Gasteiger partial charge in [-0.15, -0.1) is 11.3 Å². The number of nitrogens with zero attached hydrogens (tertiary/aromatic N) is 2. The number of allylic oxidation sites excluding steroid dienone is 8. The highest BCUT2D eigenvalue weighted by molar-refractivity contribution is 7.12. The lowest BCUT2D eigenvalue weighted by atomic mass is 9.95. The highest BCUT2D eigenvalue weighted by Gasteiger charge is 2.17. The van der Waals surface area contributed by atoms with E-state index in [0.717, 1.165) is 35.7 Å². The first-order valence-electron chi connectivity index (χ1n) is 9.84. The molecule has 1 aromatic heterocycles. The summed E-state index contributed by atoms with van der Waals surface area (Å²) in [6.45, 7) is 16.7. The van der Waals surface area contributed by atoms with Crippen molar-refractivity contribution in [1.29, 1.82) is 0 Å². The Kier molecular flexibility index (Phi) is 10.6. The molecule has 3 heteroatoms. The minimum Gasteiger partial charge on any atom is -0.258 e. The van der Waals surface area contributed by atoms with Crippen LogP contribution in [0, 0.1) is 5.92 Å². The highest BCUT2D eigenvalue weighted by atomic mass is 32.1. The normalized spacial score (nSPS) is 15.5. The molecule has 0 aliphatic carbocycles. The number of aromatic nitrogens is 1. The lowest BCUT2D eigenvalue weighted by Gasteiger charge is -2.12. The molecule has 1 rings (SSSR count). The van der Waals surface area contributed by atoms with E-state index in [1.54, 1.807) is 11.3 Å². The maximum absolute atomic E-state index is 4.97. The van der Waals surface area contributed by atoms with Gasteiger partial charge in [0.25, 0.3) is 0 Å². The molecule has 1 atom stereocenters. The summed E-state index contributed by atoms with van der Waals surface area (Å²) in [6, 6.07) is 0. The molecule has 0 aliphatic heterocycles. The van der Waals surface area contributed by atoms with Crippen LogP contribution >= 0.6 is 11.3 Å². The summed E-state index contributed by atoms with van der Waals surface area (Å²) in [5, 5.41) is 3.16. The molecule has 27 heavy (non-hydrogen) atoms. The Morgan fingerprint density at radius 3 is 2.63 bits per heavy atom. The number of hydrogen-bond donors (Lipinski definition) is 0. The highest BCUT2D eigenvalue weighted by Crippen LogP contribution is 2.30. The summed E-state index contributed by atoms with van der Waals surface area (Å²) in [6.07, 6.45) is 15.2. The predicted octanol–water partition coefficient (Wildman–Crippen LogP) is 7.77. The fourth-order valence-electron chi connectivity index (χ4n) is 2.83. The molecule has 146 valence electrons. The molecule has 0 aliphatic rings. The maximum atomic E-state index is 4.97. The molecule has 0 bridgehead atoms. The van der Waals surface area contributed by atoms with Gasteiger partial charge < -0.3 is 0 Å². The first kappa shape index (κ1) is 23.0. The first-order chi connectivity index (χ1) is 13.0. The third-order valence-electron chi connectivity index (χ3n) is 4.50. The zero-order valence-electron chi connectivity index (χ0n) is 17.7. The molecule has 1 aromatic rings. The van der Waals surface area contributed by atoms with Crippen LogP contribution in [-0.2, 0) is 0 Å². The summed E-state index contributed by atoms with van der Waals surface area (Å²) >= 11 is 1.68. The quantitative estimate of drug-likeness (QED) is 0.299. The van der Waals surface area contributed by atoms with E-state index in [4.69, 9.17) is 4.98 Å². The zero-order valence-corrected chi connectivity index (χ0v) is 18.6. The van der Waals surface area contributed by atoms with Gasteiger partial charge in [-0.05, 0) is 39.2 Å². The van der Waals surface area contributed by atoms with Gasteiger partial charge in [-0.3, -0.25) is 4.99 Å². The average Bonchev–Trinajstić information content (AvgIpc) is 3.14. The van der Waals surface area contributed by atoms with Gasteiger partial charge in [-0.25, -0.2) is 4.98 Å². The second-order valence-electron chi connectivity index (χ2n) is 6.59. The van der Waals surface area contributed by atoms with E-state index in [2.05, 4.69) is 63.7 Å². The fourth-order valence-corrected chi connectivity index (χ4v) is 3.76. The lowest BCUT2D eigenvalue weighted by molar-refractivity contribution is 0.739. The second-order valence-corrected chi connectivity index (χ2v) is 7.44. The van der Waals surface area contributed by atoms with Crippen LogP contribution in [0.4, 0.5) is 0 Å². The first-order valence-corrected chi connectivity index (χ1v) is 10.7. The minimum atomic E-state index is 0.381. The molecule has 0 N–H and O–H groups in total. The van der Waals surface area contributed by atoms with Crippen molar-refractivity contribution in [3.63, 3.8) is 0 Å². The van der Waals surface area contributed by atoms with Crippen LogP contribution < -0.4 is 0 Å². The summed E-state index contributed by atoms with van der Waals surface area (Å²) in [5.41, 5.74) is 5.89. The van der Waals surface area contributed by atoms with E-state index >= 15 is 0 Å². The van der Waals surface area contributed by atoms with Crippen LogP contribution in [-0.4, -0.2) is 10.7 Å². The van der Waals surface area contributed by atoms with Gasteiger partial charge >= 0.3 is 0 Å². The van der Waals surface area contributed by atoms with Crippen molar-refractivity contribution in [2.24, 2.45) is 10.9 Å². The van der Waals surface area contributed by atoms with Crippen molar-refractivity contribution < 1.29 is 0 Å². The molecule has 0 spiro atoms. The molecule has 1 unspecified atom stereocenters. The molecule has 1 heterocycles. The molecule has 0 saturated heterocycles. The van der Waals surface area contributed by atoms with Crippen molar-refractivity contribution in [2.75, 3.05) is 0 Å². The van der Waals surface area contributed by atoms with E-state index in [1.165, 1.54) is 16.7 Å². The number of hydrogen-bond acceptors (Lipinski definition) is 3. The number of aliphatic imine (C=N–C) groups is 1. The van der Waals surface area contributed by atoms with Crippen molar-refractivity contribution >= 4 is 22.6 Å². The van der Waals surface area contributed by atoms with Gasteiger partial charge in [0, 0.05) is 23.1 Å². The zero-order chi connectivity index (χ0) is 20.2. The standard InChI is InChI=1S/C24H34N2S/c1-8-13-15-21(19(7)14-9-2)20(12-5)22-17-27-24(26-22)23(18(6)11-4)25-16-10-3/h8,10,12-13,15-18H,1,9,11,14H2,2-7H3/b15-13-,16-10-,20-12+,21-19-,25-23?. The Morgan fingerprint density at radius 2 is 2.07 bits per heavy atom. The molecule has 0 amide bonds. The van der Waals surface area contributed by atoms with Gasteiger partial charge in [0.2, 0.25) is 0 Å². The van der Waals surface area contributed by atoms with Crippen LogP contribution in [0.25, 0.3) is 5.57 Å². The molecule has 2 nitrogen and oxygen atoms in total. The van der Waals surface area contributed by atoms with Crippen molar-refractivity contribution in [2.45, 2.75) is 60.8 Å². The van der Waals surface area contributed by atoms with Crippen LogP contribution in [0.15, 0.2) is 64.7 Å². The largest absolute Gasteiger partial charge is 0.258 e. The molecular weight excluding hydrogens is 348 g/mol. The molecule has 0 aromatic carbocycles. The summed E-state index contributed by atoms with van der Waals surface area (Å²) < 4.78 is 0. The van der Waals surface area contributed by atoms with Crippen LogP contribution in [0.2, 0.25) is 0 Å². The Morgan fingerprint density at radius 1 is 1.33 bits per heavy atom. The Bertz CT molecular complexity index is 757. The third kappa shape index (κ3) is 6.59. The fraction of sp³-hybridized carbons (Fsp3) is 0.417. The summed E-state index contributed by atoms with van der Waals surface area (Å²) in [5.74, 6) is 0.381. The van der Waals surface area contributed by atoms with Gasteiger partial charge in [0.1, 0.15) is 5.01 Å². The van der Waals surface area contributed by atoms with Gasteiger partial charge in [0.15, 0.2) is 0 Å². The van der Waals surface area contributed by atoms with Gasteiger partial charge in [0.05, 0.1) is 11.4 Å². The molecule has 0 saturated carbocycles. The van der Waals surface area contributed by atoms with Crippen LogP contribution in [0.1, 0.15) is 71.5 Å². The van der Waals surface area contributed by atoms with Gasteiger partial charge in [-0.2, -0.15) is 0 Å². The van der Waals surface area contributed by atoms with Crippen molar-refractivity contribution in [3.8, 4) is 0 Å². The van der Waals surface area contributed by atoms with Crippen molar-refractivity contribution in [1.82, 2.24) is 4.98 Å². The average molecular weight is 383 g/mol. The summed E-state index contributed by atoms with van der Waals surface area (Å²) in [7, 11) is 0. The van der Waals surface area contributed by atoms with E-state index in [1.807, 2.05) is 31.4 Å². The number of thiazole rings is 1. The Balaban J connectivity index is 3.40. The van der Waals surface area contributed by atoms with Crippen molar-refractivity contribution in [3.05, 3.63) is 70.4 Å². The topological polar surface area (TPSA) is 25.2 Å².